The van der Waals surface area contributed by atoms with Crippen LogP contribution in [-0.2, 0) is 0 Å². The van der Waals surface area contributed by atoms with E-state index in [2.05, 4.69) is 22.6 Å². The highest BCUT2D eigenvalue weighted by molar-refractivity contribution is 14.1. The summed E-state index contributed by atoms with van der Waals surface area (Å²) >= 11 is 2.07. The van der Waals surface area contributed by atoms with E-state index < -0.39 is 0 Å². The van der Waals surface area contributed by atoms with Crippen LogP contribution in [-0.4, -0.2) is 6.29 Å². The molecule has 2 N–H and O–H groups in total. The third-order valence-corrected chi connectivity index (χ3v) is 2.09. The topological polar surface area (TPSA) is 43.1 Å². The largest absolute Gasteiger partial charge is 0.399 e. The van der Waals surface area contributed by atoms with E-state index in [1.54, 1.807) is 18.2 Å². The molecule has 0 unspecified atom stereocenters. The minimum absolute atomic E-state index is 0.690. The van der Waals surface area contributed by atoms with Crippen molar-refractivity contribution in [3.8, 4) is 0 Å². The lowest BCUT2D eigenvalue weighted by Crippen LogP contribution is -1.89. The molecule has 0 aliphatic rings. The number of hydrogen-bond acceptors (Lipinski definition) is 2. The molecule has 0 saturated heterocycles. The summed E-state index contributed by atoms with van der Waals surface area (Å²) in [6.45, 7) is 0. The highest BCUT2D eigenvalue weighted by Crippen LogP contribution is 2.13. The van der Waals surface area contributed by atoms with Crippen LogP contribution in [0, 0.1) is 3.57 Å². The van der Waals surface area contributed by atoms with Gasteiger partial charge in [0.15, 0.2) is 6.29 Å². The quantitative estimate of drug-likeness (QED) is 0.466. The van der Waals surface area contributed by atoms with E-state index in [-0.39, 0.29) is 0 Å². The van der Waals surface area contributed by atoms with E-state index in [1.807, 2.05) is 0 Å². The standard InChI is InChI=1S/C7H6INO/c8-7-3-6(9)2-1-5(7)4-10/h1-4H,9H2. The maximum absolute atomic E-state index is 10.3. The van der Waals surface area contributed by atoms with Gasteiger partial charge in [-0.05, 0) is 40.8 Å². The molecule has 1 rings (SSSR count). The molecule has 52 valence electrons. The van der Waals surface area contributed by atoms with Gasteiger partial charge in [-0.3, -0.25) is 4.79 Å². The molecule has 0 saturated carbocycles. The van der Waals surface area contributed by atoms with Crippen LogP contribution in [0.5, 0.6) is 0 Å². The average Bonchev–Trinajstić information content (AvgIpc) is 1.88. The van der Waals surface area contributed by atoms with Crippen LogP contribution >= 0.6 is 22.6 Å². The second-order valence-corrected chi connectivity index (χ2v) is 3.06. The Balaban J connectivity index is 3.19. The van der Waals surface area contributed by atoms with Crippen LogP contribution < -0.4 is 5.73 Å². The molecule has 0 aliphatic carbocycles. The Labute approximate surface area is 72.6 Å². The van der Waals surface area contributed by atoms with Crippen LogP contribution in [0.4, 0.5) is 5.69 Å². The summed E-state index contributed by atoms with van der Waals surface area (Å²) in [5.41, 5.74) is 6.84. The van der Waals surface area contributed by atoms with E-state index in [4.69, 9.17) is 5.73 Å². The monoisotopic (exact) mass is 247 g/mol. The summed E-state index contributed by atoms with van der Waals surface area (Å²) in [7, 11) is 0. The Bertz CT molecular complexity index is 260. The van der Waals surface area contributed by atoms with Gasteiger partial charge >= 0.3 is 0 Å². The minimum Gasteiger partial charge on any atom is -0.399 e. The number of nitrogen functional groups attached to an aromatic ring is 1. The van der Waals surface area contributed by atoms with Crippen LogP contribution in [0.15, 0.2) is 18.2 Å². The summed E-state index contributed by atoms with van der Waals surface area (Å²) in [5, 5.41) is 0. The minimum atomic E-state index is 0.690. The highest BCUT2D eigenvalue weighted by atomic mass is 127. The Hall–Kier alpha value is -0.580. The van der Waals surface area contributed by atoms with Gasteiger partial charge < -0.3 is 5.73 Å². The van der Waals surface area contributed by atoms with Crippen molar-refractivity contribution < 1.29 is 4.79 Å². The fourth-order valence-electron chi connectivity index (χ4n) is 0.639. The second kappa shape index (κ2) is 3.01. The van der Waals surface area contributed by atoms with Crippen molar-refractivity contribution in [1.29, 1.82) is 0 Å². The summed E-state index contributed by atoms with van der Waals surface area (Å²) in [5.74, 6) is 0. The molecular formula is C7H6INO. The normalized spacial score (nSPS) is 9.30. The number of benzene rings is 1. The van der Waals surface area contributed by atoms with Crippen LogP contribution in [0.1, 0.15) is 10.4 Å². The first-order valence-corrected chi connectivity index (χ1v) is 3.82. The van der Waals surface area contributed by atoms with E-state index >= 15 is 0 Å². The van der Waals surface area contributed by atoms with Crippen molar-refractivity contribution >= 4 is 34.6 Å². The Kier molecular flexibility index (Phi) is 2.26. The summed E-state index contributed by atoms with van der Waals surface area (Å²) in [4.78, 5) is 10.3. The van der Waals surface area contributed by atoms with Gasteiger partial charge in [0.1, 0.15) is 0 Å². The molecule has 0 fully saturated rings. The number of aldehydes is 1. The number of nitrogens with two attached hydrogens (primary N) is 1. The van der Waals surface area contributed by atoms with Crippen molar-refractivity contribution in [2.24, 2.45) is 0 Å². The van der Waals surface area contributed by atoms with E-state index in [1.165, 1.54) is 0 Å². The zero-order valence-electron chi connectivity index (χ0n) is 5.17. The van der Waals surface area contributed by atoms with Crippen LogP contribution in [0.25, 0.3) is 0 Å². The molecule has 0 amide bonds. The maximum atomic E-state index is 10.3. The number of carbonyl (C=O) groups excluding carboxylic acids is 1. The van der Waals surface area contributed by atoms with Gasteiger partial charge in [-0.2, -0.15) is 0 Å². The molecule has 3 heteroatoms. The summed E-state index contributed by atoms with van der Waals surface area (Å²) in [6.07, 6.45) is 0.821. The molecule has 0 spiro atoms. The fraction of sp³-hybridized carbons (Fsp3) is 0. The maximum Gasteiger partial charge on any atom is 0.151 e. The lowest BCUT2D eigenvalue weighted by Gasteiger charge is -1.95. The van der Waals surface area contributed by atoms with Gasteiger partial charge in [0, 0.05) is 14.8 Å². The lowest BCUT2D eigenvalue weighted by molar-refractivity contribution is 0.112. The molecule has 2 nitrogen and oxygen atoms in total. The zero-order valence-corrected chi connectivity index (χ0v) is 7.33. The van der Waals surface area contributed by atoms with Gasteiger partial charge in [-0.1, -0.05) is 0 Å². The van der Waals surface area contributed by atoms with Gasteiger partial charge in [-0.15, -0.1) is 0 Å². The van der Waals surface area contributed by atoms with Crippen molar-refractivity contribution in [2.75, 3.05) is 5.73 Å². The molecule has 0 aromatic heterocycles. The Morgan fingerprint density at radius 3 is 2.70 bits per heavy atom. The number of carbonyl (C=O) groups is 1. The first kappa shape index (κ1) is 7.53. The number of hydrogen-bond donors (Lipinski definition) is 1. The number of rotatable bonds is 1. The van der Waals surface area contributed by atoms with E-state index in [0.717, 1.165) is 9.86 Å². The predicted molar refractivity (Wildman–Crippen MR) is 49.0 cm³/mol. The zero-order chi connectivity index (χ0) is 7.56. The second-order valence-electron chi connectivity index (χ2n) is 1.90. The molecule has 0 aliphatic heterocycles. The SMILES string of the molecule is Nc1ccc(C=O)c(I)c1. The van der Waals surface area contributed by atoms with Gasteiger partial charge in [0.25, 0.3) is 0 Å². The van der Waals surface area contributed by atoms with E-state index in [0.29, 0.717) is 11.3 Å². The third kappa shape index (κ3) is 1.47. The summed E-state index contributed by atoms with van der Waals surface area (Å²) < 4.78 is 0.896. The number of halogens is 1. The van der Waals surface area contributed by atoms with E-state index in [9.17, 15) is 4.79 Å². The average molecular weight is 247 g/mol. The smallest absolute Gasteiger partial charge is 0.151 e. The molecule has 1 aromatic rings. The number of anilines is 1. The molecule has 10 heavy (non-hydrogen) atoms. The van der Waals surface area contributed by atoms with Crippen LogP contribution in [0.2, 0.25) is 0 Å². The summed E-state index contributed by atoms with van der Waals surface area (Å²) in [6, 6.07) is 5.19. The van der Waals surface area contributed by atoms with Crippen molar-refractivity contribution in [1.82, 2.24) is 0 Å². The highest BCUT2D eigenvalue weighted by Gasteiger charge is 1.95. The molecule has 0 radical (unpaired) electrons. The molecule has 0 bridgehead atoms. The first-order chi connectivity index (χ1) is 4.74. The Morgan fingerprint density at radius 2 is 2.20 bits per heavy atom. The fourth-order valence-corrected chi connectivity index (χ4v) is 1.31. The molecule has 0 atom stereocenters. The molecule has 0 heterocycles. The predicted octanol–water partition coefficient (Wildman–Crippen LogP) is 1.69. The Morgan fingerprint density at radius 1 is 1.50 bits per heavy atom. The van der Waals surface area contributed by atoms with Crippen molar-refractivity contribution in [2.45, 2.75) is 0 Å². The first-order valence-electron chi connectivity index (χ1n) is 2.74. The van der Waals surface area contributed by atoms with Crippen molar-refractivity contribution in [3.63, 3.8) is 0 Å². The van der Waals surface area contributed by atoms with Gasteiger partial charge in [0.2, 0.25) is 0 Å². The van der Waals surface area contributed by atoms with Gasteiger partial charge in [-0.25, -0.2) is 0 Å². The van der Waals surface area contributed by atoms with Crippen LogP contribution in [0.3, 0.4) is 0 Å². The van der Waals surface area contributed by atoms with Crippen molar-refractivity contribution in [3.05, 3.63) is 27.3 Å². The van der Waals surface area contributed by atoms with Gasteiger partial charge in [0.05, 0.1) is 0 Å². The molecule has 1 aromatic carbocycles. The lowest BCUT2D eigenvalue weighted by atomic mass is 10.2. The third-order valence-electron chi connectivity index (χ3n) is 1.15. The molecular weight excluding hydrogens is 241 g/mol.